The second-order valence-corrected chi connectivity index (χ2v) is 9.57. The van der Waals surface area contributed by atoms with E-state index in [1.807, 2.05) is 47.8 Å². The quantitative estimate of drug-likeness (QED) is 0.284. The van der Waals surface area contributed by atoms with E-state index in [2.05, 4.69) is 15.4 Å². The summed E-state index contributed by atoms with van der Waals surface area (Å²) in [7, 11) is 0. The van der Waals surface area contributed by atoms with Gasteiger partial charge in [0, 0.05) is 23.9 Å². The fourth-order valence-corrected chi connectivity index (χ4v) is 5.29. The molecule has 6 nitrogen and oxygen atoms in total. The van der Waals surface area contributed by atoms with Crippen molar-refractivity contribution in [1.29, 1.82) is 0 Å². The van der Waals surface area contributed by atoms with Gasteiger partial charge in [0.2, 0.25) is 11.7 Å². The lowest BCUT2D eigenvalue weighted by atomic mass is 9.96. The molecular formula is C26H26N4O2S. The maximum Gasteiger partial charge on any atom is 0.224 e. The second kappa shape index (κ2) is 9.67. The number of hydrogen-bond acceptors (Lipinski definition) is 5. The molecule has 1 amide bonds. The van der Waals surface area contributed by atoms with Crippen LogP contribution in [0.2, 0.25) is 0 Å². The number of aromatic nitrogens is 3. The van der Waals surface area contributed by atoms with E-state index in [0.717, 1.165) is 29.8 Å². The third-order valence-electron chi connectivity index (χ3n) is 6.28. The molecule has 4 aromatic rings. The third-order valence-corrected chi connectivity index (χ3v) is 7.15. The SMILES string of the molecule is O=C(CC1CCCCCC1)Nc1cccc(-c2ccnc3c(C(=O)c4cccs4)cnn23)c1. The van der Waals surface area contributed by atoms with Crippen LogP contribution >= 0.6 is 11.3 Å². The molecule has 1 N–H and O–H groups in total. The molecular weight excluding hydrogens is 432 g/mol. The number of ketones is 1. The van der Waals surface area contributed by atoms with Gasteiger partial charge in [-0.25, -0.2) is 9.50 Å². The zero-order valence-electron chi connectivity index (χ0n) is 18.4. The van der Waals surface area contributed by atoms with E-state index < -0.39 is 0 Å². The Kier molecular flexibility index (Phi) is 6.30. The summed E-state index contributed by atoms with van der Waals surface area (Å²) in [4.78, 5) is 30.6. The fourth-order valence-electron chi connectivity index (χ4n) is 4.61. The van der Waals surface area contributed by atoms with Gasteiger partial charge in [-0.1, -0.05) is 43.9 Å². The van der Waals surface area contributed by atoms with Crippen LogP contribution in [0.3, 0.4) is 0 Å². The summed E-state index contributed by atoms with van der Waals surface area (Å²) in [6.07, 6.45) is 11.2. The van der Waals surface area contributed by atoms with E-state index in [1.165, 1.54) is 37.0 Å². The maximum absolute atomic E-state index is 12.9. The van der Waals surface area contributed by atoms with E-state index in [-0.39, 0.29) is 11.7 Å². The van der Waals surface area contributed by atoms with Crippen LogP contribution in [-0.2, 0) is 4.79 Å². The molecule has 0 unspecified atom stereocenters. The van der Waals surface area contributed by atoms with Crippen molar-refractivity contribution in [2.75, 3.05) is 5.32 Å². The number of hydrogen-bond donors (Lipinski definition) is 1. The lowest BCUT2D eigenvalue weighted by Crippen LogP contribution is -2.16. The van der Waals surface area contributed by atoms with E-state index in [1.54, 1.807) is 16.9 Å². The van der Waals surface area contributed by atoms with Gasteiger partial charge in [0.15, 0.2) is 5.65 Å². The predicted molar refractivity (Wildman–Crippen MR) is 131 cm³/mol. The van der Waals surface area contributed by atoms with E-state index >= 15 is 0 Å². The van der Waals surface area contributed by atoms with Gasteiger partial charge in [-0.3, -0.25) is 9.59 Å². The molecule has 0 atom stereocenters. The molecule has 1 fully saturated rings. The van der Waals surface area contributed by atoms with Gasteiger partial charge in [-0.15, -0.1) is 11.3 Å². The van der Waals surface area contributed by atoms with Crippen LogP contribution in [0.1, 0.15) is 60.2 Å². The standard InChI is InChI=1S/C26H26N4O2S/c31-24(15-18-7-3-1-2-4-8-18)29-20-10-5-9-19(16-20)22-12-13-27-26-21(17-28-30(22)26)25(32)23-11-6-14-33-23/h5-6,9-14,16-18H,1-4,7-8,15H2,(H,29,31). The first kappa shape index (κ1) is 21.5. The fraction of sp³-hybridized carbons (Fsp3) is 0.308. The van der Waals surface area contributed by atoms with Gasteiger partial charge in [-0.05, 0) is 48.4 Å². The minimum Gasteiger partial charge on any atom is -0.326 e. The molecule has 1 aliphatic rings. The Labute approximate surface area is 196 Å². The van der Waals surface area contributed by atoms with Crippen LogP contribution in [-0.4, -0.2) is 26.3 Å². The van der Waals surface area contributed by atoms with Crippen molar-refractivity contribution >= 4 is 34.4 Å². The van der Waals surface area contributed by atoms with Gasteiger partial charge in [0.1, 0.15) is 0 Å². The molecule has 3 aromatic heterocycles. The van der Waals surface area contributed by atoms with E-state index in [9.17, 15) is 9.59 Å². The van der Waals surface area contributed by atoms with Crippen molar-refractivity contribution < 1.29 is 9.59 Å². The normalized spacial score (nSPS) is 14.8. The summed E-state index contributed by atoms with van der Waals surface area (Å²) >= 11 is 1.40. The topological polar surface area (TPSA) is 76.4 Å². The number of carbonyl (C=O) groups excluding carboxylic acids is 2. The molecule has 0 spiro atoms. The molecule has 7 heteroatoms. The number of nitrogens with zero attached hydrogens (tertiary/aromatic N) is 3. The minimum absolute atomic E-state index is 0.0712. The first-order valence-corrected chi connectivity index (χ1v) is 12.4. The average molecular weight is 459 g/mol. The monoisotopic (exact) mass is 458 g/mol. The number of anilines is 1. The highest BCUT2D eigenvalue weighted by molar-refractivity contribution is 7.12. The van der Waals surface area contributed by atoms with Crippen LogP contribution in [0.4, 0.5) is 5.69 Å². The Morgan fingerprint density at radius 1 is 1.06 bits per heavy atom. The Morgan fingerprint density at radius 3 is 2.70 bits per heavy atom. The van der Waals surface area contributed by atoms with Gasteiger partial charge in [-0.2, -0.15) is 5.10 Å². The highest BCUT2D eigenvalue weighted by Gasteiger charge is 2.19. The Balaban J connectivity index is 1.37. The molecule has 0 aliphatic heterocycles. The van der Waals surface area contributed by atoms with Crippen LogP contribution in [0, 0.1) is 5.92 Å². The Bertz CT molecular complexity index is 1270. The molecule has 33 heavy (non-hydrogen) atoms. The van der Waals surface area contributed by atoms with Crippen LogP contribution < -0.4 is 5.32 Å². The molecule has 1 aromatic carbocycles. The highest BCUT2D eigenvalue weighted by atomic mass is 32.1. The molecule has 0 bridgehead atoms. The minimum atomic E-state index is -0.0795. The van der Waals surface area contributed by atoms with Gasteiger partial charge in [0.25, 0.3) is 0 Å². The smallest absolute Gasteiger partial charge is 0.224 e. The second-order valence-electron chi connectivity index (χ2n) is 8.62. The number of thiophene rings is 1. The van der Waals surface area contributed by atoms with Crippen molar-refractivity contribution in [1.82, 2.24) is 14.6 Å². The zero-order valence-corrected chi connectivity index (χ0v) is 19.2. The van der Waals surface area contributed by atoms with Gasteiger partial charge < -0.3 is 5.32 Å². The molecule has 5 rings (SSSR count). The Morgan fingerprint density at radius 2 is 1.91 bits per heavy atom. The van der Waals surface area contributed by atoms with Crippen molar-refractivity contribution in [3.63, 3.8) is 0 Å². The first-order valence-electron chi connectivity index (χ1n) is 11.5. The zero-order chi connectivity index (χ0) is 22.6. The molecule has 0 saturated heterocycles. The lowest BCUT2D eigenvalue weighted by Gasteiger charge is -2.14. The predicted octanol–water partition coefficient (Wildman–Crippen LogP) is 5.99. The van der Waals surface area contributed by atoms with Crippen LogP contribution in [0.5, 0.6) is 0 Å². The van der Waals surface area contributed by atoms with E-state index in [0.29, 0.717) is 28.4 Å². The maximum atomic E-state index is 12.9. The molecule has 3 heterocycles. The molecule has 1 saturated carbocycles. The van der Waals surface area contributed by atoms with Crippen molar-refractivity contribution in [2.24, 2.45) is 5.92 Å². The lowest BCUT2D eigenvalue weighted by molar-refractivity contribution is -0.117. The summed E-state index contributed by atoms with van der Waals surface area (Å²) in [6, 6.07) is 13.3. The summed E-state index contributed by atoms with van der Waals surface area (Å²) in [5.74, 6) is 0.477. The summed E-state index contributed by atoms with van der Waals surface area (Å²) in [5.41, 5.74) is 3.47. The van der Waals surface area contributed by atoms with Gasteiger partial charge >= 0.3 is 0 Å². The largest absolute Gasteiger partial charge is 0.326 e. The number of benzene rings is 1. The van der Waals surface area contributed by atoms with Gasteiger partial charge in [0.05, 0.1) is 22.3 Å². The average Bonchev–Trinajstić information content (AvgIpc) is 3.45. The van der Waals surface area contributed by atoms with Crippen LogP contribution in [0.25, 0.3) is 16.9 Å². The summed E-state index contributed by atoms with van der Waals surface area (Å²) in [6.45, 7) is 0. The Hall–Kier alpha value is -3.32. The summed E-state index contributed by atoms with van der Waals surface area (Å²) in [5, 5.41) is 9.41. The number of fused-ring (bicyclic) bond motifs is 1. The number of rotatable bonds is 6. The van der Waals surface area contributed by atoms with E-state index in [4.69, 9.17) is 0 Å². The number of carbonyl (C=O) groups is 2. The molecule has 0 radical (unpaired) electrons. The highest BCUT2D eigenvalue weighted by Crippen LogP contribution is 2.28. The molecule has 168 valence electrons. The number of amides is 1. The third kappa shape index (κ3) is 4.73. The molecule has 1 aliphatic carbocycles. The van der Waals surface area contributed by atoms with Crippen molar-refractivity contribution in [3.05, 3.63) is 70.7 Å². The first-order chi connectivity index (χ1) is 16.2. The van der Waals surface area contributed by atoms with Crippen LogP contribution in [0.15, 0.2) is 60.2 Å². The van der Waals surface area contributed by atoms with Crippen molar-refractivity contribution in [3.8, 4) is 11.3 Å². The number of nitrogens with one attached hydrogen (secondary N) is 1. The summed E-state index contributed by atoms with van der Waals surface area (Å²) < 4.78 is 1.69. The van der Waals surface area contributed by atoms with Crippen molar-refractivity contribution in [2.45, 2.75) is 44.9 Å².